The third-order valence-electron chi connectivity index (χ3n) is 2.09. The molecule has 6 heteroatoms. The number of H-pyrrole nitrogens is 1. The van der Waals surface area contributed by atoms with Crippen molar-refractivity contribution in [3.8, 4) is 0 Å². The second kappa shape index (κ2) is 4.40. The van der Waals surface area contributed by atoms with Crippen LogP contribution in [0.4, 0.5) is 0 Å². The Morgan fingerprint density at radius 1 is 1.64 bits per heavy atom. The molecule has 78 valence electrons. The Bertz CT molecular complexity index is 358. The molecule has 0 bridgehead atoms. The lowest BCUT2D eigenvalue weighted by Gasteiger charge is -2.01. The summed E-state index contributed by atoms with van der Waals surface area (Å²) in [6.45, 7) is 0. The first kappa shape index (κ1) is 10.1. The summed E-state index contributed by atoms with van der Waals surface area (Å²) in [5.74, 6) is 1.57. The van der Waals surface area contributed by atoms with E-state index in [4.69, 9.17) is 11.6 Å². The molecule has 1 N–H and O–H groups in total. The third kappa shape index (κ3) is 2.15. The molecular formula is C8H12ClN3OS. The number of rotatable bonds is 5. The van der Waals surface area contributed by atoms with Crippen molar-refractivity contribution in [3.05, 3.63) is 10.5 Å². The molecule has 0 spiro atoms. The molecule has 4 nitrogen and oxygen atoms in total. The molecule has 0 saturated heterocycles. The molecule has 1 aliphatic carbocycles. The van der Waals surface area contributed by atoms with Gasteiger partial charge in [-0.3, -0.25) is 4.57 Å². The Hall–Kier alpha value is -0.420. The van der Waals surface area contributed by atoms with Crippen molar-refractivity contribution in [3.63, 3.8) is 0 Å². The minimum Gasteiger partial charge on any atom is -0.267 e. The predicted octanol–water partition coefficient (Wildman–Crippen LogP) is 1.63. The van der Waals surface area contributed by atoms with Crippen LogP contribution >= 0.6 is 23.4 Å². The molecule has 0 atom stereocenters. The molecule has 0 unspecified atom stereocenters. The number of aromatic amines is 1. The average molecular weight is 234 g/mol. The Balaban J connectivity index is 2.05. The van der Waals surface area contributed by atoms with Gasteiger partial charge >= 0.3 is 5.69 Å². The van der Waals surface area contributed by atoms with Crippen molar-refractivity contribution in [1.82, 2.24) is 14.8 Å². The lowest BCUT2D eigenvalue weighted by molar-refractivity contribution is 0.642. The van der Waals surface area contributed by atoms with Crippen LogP contribution in [-0.4, -0.2) is 26.4 Å². The van der Waals surface area contributed by atoms with Gasteiger partial charge in [0.2, 0.25) is 0 Å². The number of nitrogens with zero attached hydrogens (tertiary/aromatic N) is 2. The van der Waals surface area contributed by atoms with Crippen LogP contribution in [0.15, 0.2) is 9.95 Å². The number of hydrogen-bond acceptors (Lipinski definition) is 3. The number of hydrogen-bond donors (Lipinski definition) is 1. The maximum absolute atomic E-state index is 11.4. The van der Waals surface area contributed by atoms with E-state index in [1.165, 1.54) is 0 Å². The summed E-state index contributed by atoms with van der Waals surface area (Å²) in [5, 5.41) is 7.29. The minimum absolute atomic E-state index is 0.0825. The van der Waals surface area contributed by atoms with E-state index >= 15 is 0 Å². The minimum atomic E-state index is -0.0825. The van der Waals surface area contributed by atoms with Crippen LogP contribution in [0, 0.1) is 0 Å². The largest absolute Gasteiger partial charge is 0.344 e. The first-order valence-corrected chi connectivity index (χ1v) is 6.20. The van der Waals surface area contributed by atoms with Crippen molar-refractivity contribution in [2.75, 3.05) is 11.6 Å². The topological polar surface area (TPSA) is 50.7 Å². The fraction of sp³-hybridized carbons (Fsp3) is 0.750. The molecule has 1 saturated carbocycles. The summed E-state index contributed by atoms with van der Waals surface area (Å²) in [4.78, 5) is 11.4. The molecule has 14 heavy (non-hydrogen) atoms. The summed E-state index contributed by atoms with van der Waals surface area (Å²) >= 11 is 7.17. The van der Waals surface area contributed by atoms with Crippen molar-refractivity contribution < 1.29 is 0 Å². The second-order valence-corrected chi connectivity index (χ2v) is 4.74. The zero-order chi connectivity index (χ0) is 9.97. The van der Waals surface area contributed by atoms with Gasteiger partial charge in [-0.25, -0.2) is 9.89 Å². The van der Waals surface area contributed by atoms with Crippen LogP contribution in [0.1, 0.15) is 25.3 Å². The average Bonchev–Trinajstić information content (AvgIpc) is 2.93. The molecule has 1 fully saturated rings. The van der Waals surface area contributed by atoms with Gasteiger partial charge in [-0.2, -0.15) is 0 Å². The Labute approximate surface area is 91.0 Å². The first-order valence-electron chi connectivity index (χ1n) is 4.68. The van der Waals surface area contributed by atoms with Gasteiger partial charge in [0, 0.05) is 17.7 Å². The van der Waals surface area contributed by atoms with Crippen LogP contribution < -0.4 is 5.69 Å². The highest BCUT2D eigenvalue weighted by Gasteiger charge is 2.28. The van der Waals surface area contributed by atoms with Crippen LogP contribution in [0.3, 0.4) is 0 Å². The summed E-state index contributed by atoms with van der Waals surface area (Å²) < 4.78 is 1.76. The van der Waals surface area contributed by atoms with Gasteiger partial charge in [0.15, 0.2) is 5.16 Å². The van der Waals surface area contributed by atoms with Crippen molar-refractivity contribution in [2.45, 2.75) is 30.5 Å². The zero-order valence-corrected chi connectivity index (χ0v) is 9.27. The van der Waals surface area contributed by atoms with E-state index in [-0.39, 0.29) is 5.69 Å². The first-order chi connectivity index (χ1) is 6.83. The summed E-state index contributed by atoms with van der Waals surface area (Å²) in [7, 11) is 0. The fourth-order valence-corrected chi connectivity index (χ4v) is 2.51. The number of aromatic nitrogens is 3. The van der Waals surface area contributed by atoms with E-state index in [1.54, 1.807) is 16.3 Å². The highest BCUT2D eigenvalue weighted by Crippen LogP contribution is 2.35. The number of alkyl halides is 1. The highest BCUT2D eigenvalue weighted by atomic mass is 35.5. The molecule has 0 aromatic carbocycles. The van der Waals surface area contributed by atoms with E-state index in [0.717, 1.165) is 30.2 Å². The molecule has 1 aliphatic rings. The molecular weight excluding hydrogens is 222 g/mol. The lowest BCUT2D eigenvalue weighted by Crippen LogP contribution is -2.16. The van der Waals surface area contributed by atoms with Crippen molar-refractivity contribution in [1.29, 1.82) is 0 Å². The van der Waals surface area contributed by atoms with Gasteiger partial charge in [0.1, 0.15) is 0 Å². The van der Waals surface area contributed by atoms with Gasteiger partial charge in [-0.05, 0) is 19.3 Å². The molecule has 0 amide bonds. The fourth-order valence-electron chi connectivity index (χ4n) is 1.26. The molecule has 2 rings (SSSR count). The van der Waals surface area contributed by atoms with Crippen molar-refractivity contribution >= 4 is 23.4 Å². The van der Waals surface area contributed by atoms with Crippen molar-refractivity contribution in [2.24, 2.45) is 0 Å². The van der Waals surface area contributed by atoms with Crippen LogP contribution in [-0.2, 0) is 0 Å². The van der Waals surface area contributed by atoms with Gasteiger partial charge in [0.05, 0.1) is 0 Å². The van der Waals surface area contributed by atoms with E-state index < -0.39 is 0 Å². The Morgan fingerprint density at radius 3 is 3.07 bits per heavy atom. The third-order valence-corrected chi connectivity index (χ3v) is 3.40. The van der Waals surface area contributed by atoms with Crippen LogP contribution in [0.2, 0.25) is 0 Å². The normalized spacial score (nSPS) is 16.1. The quantitative estimate of drug-likeness (QED) is 0.478. The Kier molecular flexibility index (Phi) is 3.18. The predicted molar refractivity (Wildman–Crippen MR) is 57.2 cm³/mol. The highest BCUT2D eigenvalue weighted by molar-refractivity contribution is 7.99. The van der Waals surface area contributed by atoms with E-state index in [1.807, 2.05) is 0 Å². The number of halogens is 1. The summed E-state index contributed by atoms with van der Waals surface area (Å²) in [6.07, 6.45) is 3.14. The summed E-state index contributed by atoms with van der Waals surface area (Å²) in [6, 6.07) is 0.389. The zero-order valence-electron chi connectivity index (χ0n) is 7.70. The van der Waals surface area contributed by atoms with Gasteiger partial charge < -0.3 is 0 Å². The molecule has 0 radical (unpaired) electrons. The van der Waals surface area contributed by atoms with Gasteiger partial charge in [0.25, 0.3) is 0 Å². The second-order valence-electron chi connectivity index (χ2n) is 3.30. The number of nitrogens with one attached hydrogen (secondary N) is 1. The molecule has 1 aromatic heterocycles. The summed E-state index contributed by atoms with van der Waals surface area (Å²) in [5.41, 5.74) is -0.0825. The van der Waals surface area contributed by atoms with E-state index in [9.17, 15) is 4.79 Å². The van der Waals surface area contributed by atoms with Gasteiger partial charge in [-0.1, -0.05) is 11.8 Å². The SMILES string of the molecule is O=c1[nH]nc(SCCCCl)n1C1CC1. The molecule has 0 aliphatic heterocycles. The monoisotopic (exact) mass is 233 g/mol. The Morgan fingerprint density at radius 2 is 2.43 bits per heavy atom. The maximum atomic E-state index is 11.4. The molecule has 1 aromatic rings. The van der Waals surface area contributed by atoms with Gasteiger partial charge in [-0.15, -0.1) is 16.7 Å². The molecule has 1 heterocycles. The van der Waals surface area contributed by atoms with E-state index in [2.05, 4.69) is 10.2 Å². The van der Waals surface area contributed by atoms with Crippen LogP contribution in [0.5, 0.6) is 0 Å². The van der Waals surface area contributed by atoms with E-state index in [0.29, 0.717) is 11.9 Å². The smallest absolute Gasteiger partial charge is 0.267 e. The lowest BCUT2D eigenvalue weighted by atomic mass is 10.6. The maximum Gasteiger partial charge on any atom is 0.344 e. The standard InChI is InChI=1S/C8H12ClN3OS/c9-4-1-5-14-8-11-10-7(13)12(8)6-2-3-6/h6H,1-5H2,(H,10,13). The van der Waals surface area contributed by atoms with Crippen LogP contribution in [0.25, 0.3) is 0 Å². The number of thioether (sulfide) groups is 1.